The minimum absolute atomic E-state index is 0.131. The van der Waals surface area contributed by atoms with Crippen molar-refractivity contribution in [2.45, 2.75) is 6.42 Å². The average Bonchev–Trinajstić information content (AvgIpc) is 2.49. The molecule has 0 bridgehead atoms. The Morgan fingerprint density at radius 3 is 2.65 bits per heavy atom. The molecule has 20 heavy (non-hydrogen) atoms. The molecule has 0 aliphatic heterocycles. The zero-order valence-electron chi connectivity index (χ0n) is 11.8. The van der Waals surface area contributed by atoms with E-state index in [4.69, 9.17) is 14.6 Å². The smallest absolute Gasteiger partial charge is 0.251 e. The van der Waals surface area contributed by atoms with Crippen molar-refractivity contribution >= 4 is 17.7 Å². The van der Waals surface area contributed by atoms with Crippen LogP contribution in [0.2, 0.25) is 0 Å². The van der Waals surface area contributed by atoms with Gasteiger partial charge in [0.1, 0.15) is 0 Å². The van der Waals surface area contributed by atoms with Gasteiger partial charge in [-0.2, -0.15) is 11.8 Å². The summed E-state index contributed by atoms with van der Waals surface area (Å²) < 4.78 is 10.3. The third-order valence-electron chi connectivity index (χ3n) is 2.62. The molecule has 0 saturated heterocycles. The lowest BCUT2D eigenvalue weighted by molar-refractivity contribution is 0.0955. The molecule has 1 amide bonds. The van der Waals surface area contributed by atoms with E-state index >= 15 is 0 Å². The number of carbonyl (C=O) groups excluding carboxylic acids is 1. The molecule has 0 spiro atoms. The molecule has 0 radical (unpaired) electrons. The maximum Gasteiger partial charge on any atom is 0.251 e. The fourth-order valence-corrected chi connectivity index (χ4v) is 2.37. The topological polar surface area (TPSA) is 67.8 Å². The lowest BCUT2D eigenvalue weighted by Gasteiger charge is -2.10. The molecule has 0 unspecified atom stereocenters. The highest BCUT2D eigenvalue weighted by Gasteiger charge is 2.10. The number of nitrogens with one attached hydrogen (secondary N) is 1. The van der Waals surface area contributed by atoms with Gasteiger partial charge < -0.3 is 19.9 Å². The second-order valence-electron chi connectivity index (χ2n) is 4.02. The largest absolute Gasteiger partial charge is 0.493 e. The van der Waals surface area contributed by atoms with E-state index in [1.54, 1.807) is 37.1 Å². The van der Waals surface area contributed by atoms with Crippen LogP contribution in [0.3, 0.4) is 0 Å². The Labute approximate surface area is 123 Å². The summed E-state index contributed by atoms with van der Waals surface area (Å²) in [5.41, 5.74) is 0.544. The fraction of sp³-hybridized carbons (Fsp3) is 0.500. The Bertz CT molecular complexity index is 426. The summed E-state index contributed by atoms with van der Waals surface area (Å²) in [6, 6.07) is 5.08. The van der Waals surface area contributed by atoms with Gasteiger partial charge in [-0.15, -0.1) is 0 Å². The van der Waals surface area contributed by atoms with Gasteiger partial charge in [-0.05, 0) is 30.4 Å². The van der Waals surface area contributed by atoms with Crippen molar-refractivity contribution in [1.82, 2.24) is 5.32 Å². The molecule has 0 fully saturated rings. The first kappa shape index (κ1) is 16.7. The van der Waals surface area contributed by atoms with Gasteiger partial charge in [0.25, 0.3) is 5.91 Å². The van der Waals surface area contributed by atoms with Crippen LogP contribution in [0.4, 0.5) is 0 Å². The predicted octanol–water partition coefficient (Wildman–Crippen LogP) is 1.55. The van der Waals surface area contributed by atoms with Crippen molar-refractivity contribution in [2.24, 2.45) is 0 Å². The number of ether oxygens (including phenoxy) is 2. The molecule has 6 heteroatoms. The van der Waals surface area contributed by atoms with Crippen LogP contribution in [0, 0.1) is 0 Å². The number of aliphatic hydroxyl groups excluding tert-OH is 1. The summed E-state index contributed by atoms with van der Waals surface area (Å²) in [7, 11) is 3.10. The van der Waals surface area contributed by atoms with E-state index in [1.165, 1.54) is 7.11 Å². The molecule has 2 N–H and O–H groups in total. The van der Waals surface area contributed by atoms with Crippen LogP contribution < -0.4 is 14.8 Å². The summed E-state index contributed by atoms with van der Waals surface area (Å²) in [6.45, 7) is 0.814. The molecule has 5 nitrogen and oxygen atoms in total. The first-order valence-electron chi connectivity index (χ1n) is 6.41. The highest BCUT2D eigenvalue weighted by molar-refractivity contribution is 7.99. The minimum atomic E-state index is -0.131. The second-order valence-corrected chi connectivity index (χ2v) is 5.24. The van der Waals surface area contributed by atoms with Gasteiger partial charge >= 0.3 is 0 Å². The number of carbonyl (C=O) groups is 1. The van der Waals surface area contributed by atoms with Gasteiger partial charge in [0.2, 0.25) is 0 Å². The molecule has 0 saturated carbocycles. The number of hydrogen-bond donors (Lipinski definition) is 2. The maximum absolute atomic E-state index is 11.9. The Morgan fingerprint density at radius 2 is 2.00 bits per heavy atom. The van der Waals surface area contributed by atoms with E-state index in [-0.39, 0.29) is 12.5 Å². The van der Waals surface area contributed by atoms with Gasteiger partial charge in [0, 0.05) is 24.5 Å². The standard InChI is InChI=1S/C14H21NO4S/c1-18-12-5-4-11(10-13(12)19-2)14(17)15-6-9-20-8-3-7-16/h4-5,10,16H,3,6-9H2,1-2H3,(H,15,17). The molecule has 0 aliphatic carbocycles. The average molecular weight is 299 g/mol. The number of aliphatic hydroxyl groups is 1. The molecule has 1 aromatic rings. The third kappa shape index (κ3) is 5.30. The molecule has 1 aromatic carbocycles. The molecule has 0 heterocycles. The van der Waals surface area contributed by atoms with E-state index in [0.29, 0.717) is 23.6 Å². The molecular weight excluding hydrogens is 278 g/mol. The highest BCUT2D eigenvalue weighted by atomic mass is 32.2. The molecule has 1 rings (SSSR count). The number of thioether (sulfide) groups is 1. The fourth-order valence-electron chi connectivity index (χ4n) is 1.58. The third-order valence-corrected chi connectivity index (χ3v) is 3.69. The Hall–Kier alpha value is -1.40. The zero-order valence-corrected chi connectivity index (χ0v) is 12.7. The van der Waals surface area contributed by atoms with Crippen LogP contribution >= 0.6 is 11.8 Å². The van der Waals surface area contributed by atoms with E-state index in [2.05, 4.69) is 5.32 Å². The van der Waals surface area contributed by atoms with Gasteiger partial charge in [-0.3, -0.25) is 4.79 Å². The molecular formula is C14H21NO4S. The molecule has 0 aliphatic rings. The van der Waals surface area contributed by atoms with Crippen LogP contribution in [-0.4, -0.2) is 49.9 Å². The predicted molar refractivity (Wildman–Crippen MR) is 80.9 cm³/mol. The van der Waals surface area contributed by atoms with Crippen LogP contribution in [0.15, 0.2) is 18.2 Å². The van der Waals surface area contributed by atoms with Crippen LogP contribution in [0.25, 0.3) is 0 Å². The summed E-state index contributed by atoms with van der Waals surface area (Å²) in [6.07, 6.45) is 0.786. The Morgan fingerprint density at radius 1 is 1.25 bits per heavy atom. The van der Waals surface area contributed by atoms with Gasteiger partial charge in [0.05, 0.1) is 14.2 Å². The van der Waals surface area contributed by atoms with Crippen LogP contribution in [0.5, 0.6) is 11.5 Å². The number of methoxy groups -OCH3 is 2. The highest BCUT2D eigenvalue weighted by Crippen LogP contribution is 2.27. The summed E-state index contributed by atoms with van der Waals surface area (Å²) >= 11 is 1.71. The van der Waals surface area contributed by atoms with Gasteiger partial charge in [-0.1, -0.05) is 0 Å². The van der Waals surface area contributed by atoms with Crippen LogP contribution in [-0.2, 0) is 0 Å². The second kappa shape index (κ2) is 9.50. The first-order valence-corrected chi connectivity index (χ1v) is 7.57. The maximum atomic E-state index is 11.9. The normalized spacial score (nSPS) is 10.2. The van der Waals surface area contributed by atoms with Gasteiger partial charge in [0.15, 0.2) is 11.5 Å². The van der Waals surface area contributed by atoms with Crippen molar-refractivity contribution in [3.63, 3.8) is 0 Å². The lowest BCUT2D eigenvalue weighted by atomic mass is 10.2. The molecule has 0 aromatic heterocycles. The van der Waals surface area contributed by atoms with Crippen molar-refractivity contribution in [1.29, 1.82) is 0 Å². The summed E-state index contributed by atoms with van der Waals surface area (Å²) in [5.74, 6) is 2.75. The first-order chi connectivity index (χ1) is 9.72. The van der Waals surface area contributed by atoms with Crippen LogP contribution in [0.1, 0.15) is 16.8 Å². The van der Waals surface area contributed by atoms with Crippen molar-refractivity contribution in [3.05, 3.63) is 23.8 Å². The summed E-state index contributed by atoms with van der Waals surface area (Å²) in [5, 5.41) is 11.5. The van der Waals surface area contributed by atoms with E-state index in [0.717, 1.165) is 17.9 Å². The van der Waals surface area contributed by atoms with Crippen molar-refractivity contribution in [2.75, 3.05) is 38.9 Å². The number of rotatable bonds is 9. The molecule has 0 atom stereocenters. The Kier molecular flexibility index (Phi) is 7.91. The van der Waals surface area contributed by atoms with Gasteiger partial charge in [-0.25, -0.2) is 0 Å². The minimum Gasteiger partial charge on any atom is -0.493 e. The number of amides is 1. The van der Waals surface area contributed by atoms with Crippen molar-refractivity contribution in [3.8, 4) is 11.5 Å². The summed E-state index contributed by atoms with van der Waals surface area (Å²) in [4.78, 5) is 11.9. The zero-order chi connectivity index (χ0) is 14.8. The SMILES string of the molecule is COc1ccc(C(=O)NCCSCCCO)cc1OC. The van der Waals surface area contributed by atoms with Crippen molar-refractivity contribution < 1.29 is 19.4 Å². The van der Waals surface area contributed by atoms with E-state index in [9.17, 15) is 4.79 Å². The monoisotopic (exact) mass is 299 g/mol. The number of hydrogen-bond acceptors (Lipinski definition) is 5. The van der Waals surface area contributed by atoms with E-state index < -0.39 is 0 Å². The quantitative estimate of drug-likeness (QED) is 0.677. The Balaban J connectivity index is 2.43. The van der Waals surface area contributed by atoms with E-state index in [1.807, 2.05) is 0 Å². The lowest BCUT2D eigenvalue weighted by Crippen LogP contribution is -2.25. The molecule has 112 valence electrons. The number of benzene rings is 1.